The van der Waals surface area contributed by atoms with Gasteiger partial charge in [0.2, 0.25) is 11.8 Å². The van der Waals surface area contributed by atoms with Crippen molar-refractivity contribution in [2.75, 3.05) is 36.8 Å². The summed E-state index contributed by atoms with van der Waals surface area (Å²) in [5.41, 5.74) is 1.36. The van der Waals surface area contributed by atoms with Gasteiger partial charge < -0.3 is 14.2 Å². The lowest BCUT2D eigenvalue weighted by Gasteiger charge is -2.36. The Morgan fingerprint density at radius 2 is 1.82 bits per heavy atom. The molecule has 1 saturated heterocycles. The molecule has 1 aliphatic rings. The Balaban J connectivity index is 1.28. The maximum Gasteiger partial charge on any atom is 0.277 e. The number of thioether (sulfide) groups is 1. The SMILES string of the molecule is O=C(CSc1nnc(-c2ccncc2)o1)N1CCN(c2ccccc2F)CC1. The van der Waals surface area contributed by atoms with Gasteiger partial charge in [0.15, 0.2) is 0 Å². The topological polar surface area (TPSA) is 75.4 Å². The number of carbonyl (C=O) groups is 1. The summed E-state index contributed by atoms with van der Waals surface area (Å²) < 4.78 is 19.5. The van der Waals surface area contributed by atoms with E-state index in [2.05, 4.69) is 15.2 Å². The molecule has 0 bridgehead atoms. The zero-order valence-electron chi connectivity index (χ0n) is 15.0. The Hall–Kier alpha value is -2.94. The predicted octanol–water partition coefficient (Wildman–Crippen LogP) is 2.71. The zero-order valence-corrected chi connectivity index (χ0v) is 15.8. The van der Waals surface area contributed by atoms with E-state index < -0.39 is 0 Å². The summed E-state index contributed by atoms with van der Waals surface area (Å²) in [7, 11) is 0. The zero-order chi connectivity index (χ0) is 19.3. The molecule has 4 rings (SSSR count). The van der Waals surface area contributed by atoms with Gasteiger partial charge >= 0.3 is 0 Å². The summed E-state index contributed by atoms with van der Waals surface area (Å²) >= 11 is 1.22. The standard InChI is InChI=1S/C19H18FN5O2S/c20-15-3-1-2-4-16(15)24-9-11-25(12-10-24)17(26)13-28-19-23-22-18(27-19)14-5-7-21-8-6-14/h1-8H,9-13H2. The Morgan fingerprint density at radius 3 is 2.57 bits per heavy atom. The molecule has 3 aromatic rings. The lowest BCUT2D eigenvalue weighted by Crippen LogP contribution is -2.49. The summed E-state index contributed by atoms with van der Waals surface area (Å²) in [6.45, 7) is 2.31. The number of piperazine rings is 1. The summed E-state index contributed by atoms with van der Waals surface area (Å²) in [6.07, 6.45) is 3.30. The van der Waals surface area contributed by atoms with Crippen LogP contribution in [0.2, 0.25) is 0 Å². The third-order valence-corrected chi connectivity index (χ3v) is 5.28. The lowest BCUT2D eigenvalue weighted by molar-refractivity contribution is -0.128. The highest BCUT2D eigenvalue weighted by molar-refractivity contribution is 7.99. The van der Waals surface area contributed by atoms with Crippen LogP contribution in [0.3, 0.4) is 0 Å². The van der Waals surface area contributed by atoms with E-state index in [1.807, 2.05) is 11.0 Å². The normalized spacial score (nSPS) is 14.3. The van der Waals surface area contributed by atoms with Gasteiger partial charge in [-0.1, -0.05) is 23.9 Å². The van der Waals surface area contributed by atoms with E-state index in [1.54, 1.807) is 41.6 Å². The molecule has 28 heavy (non-hydrogen) atoms. The van der Waals surface area contributed by atoms with Crippen molar-refractivity contribution in [3.63, 3.8) is 0 Å². The molecule has 0 aliphatic carbocycles. The van der Waals surface area contributed by atoms with Gasteiger partial charge in [-0.15, -0.1) is 10.2 Å². The molecule has 1 amide bonds. The molecule has 0 radical (unpaired) electrons. The average Bonchev–Trinajstić information content (AvgIpc) is 3.22. The number of benzene rings is 1. The Morgan fingerprint density at radius 1 is 1.07 bits per heavy atom. The van der Waals surface area contributed by atoms with Crippen LogP contribution in [0.1, 0.15) is 0 Å². The smallest absolute Gasteiger partial charge is 0.277 e. The van der Waals surface area contributed by atoms with Gasteiger partial charge in [-0.05, 0) is 24.3 Å². The first-order valence-electron chi connectivity index (χ1n) is 8.84. The van der Waals surface area contributed by atoms with E-state index in [0.717, 1.165) is 5.56 Å². The predicted molar refractivity (Wildman–Crippen MR) is 103 cm³/mol. The maximum absolute atomic E-state index is 13.9. The minimum absolute atomic E-state index is 0.00171. The Labute approximate surface area is 165 Å². The number of rotatable bonds is 5. The molecule has 2 aromatic heterocycles. The van der Waals surface area contributed by atoms with E-state index in [9.17, 15) is 9.18 Å². The lowest BCUT2D eigenvalue weighted by atomic mass is 10.2. The van der Waals surface area contributed by atoms with Crippen LogP contribution in [-0.4, -0.2) is 57.9 Å². The molecular formula is C19H18FN5O2S. The number of anilines is 1. The van der Waals surface area contributed by atoms with Gasteiger partial charge in [0.05, 0.1) is 11.4 Å². The molecule has 0 unspecified atom stereocenters. The second-order valence-corrected chi connectivity index (χ2v) is 7.14. The van der Waals surface area contributed by atoms with Crippen molar-refractivity contribution in [3.05, 3.63) is 54.6 Å². The Kier molecular flexibility index (Phi) is 5.52. The van der Waals surface area contributed by atoms with E-state index in [0.29, 0.717) is 43.0 Å². The molecule has 7 nitrogen and oxygen atoms in total. The molecular weight excluding hydrogens is 381 g/mol. The monoisotopic (exact) mass is 399 g/mol. The minimum atomic E-state index is -0.237. The van der Waals surface area contributed by atoms with Crippen LogP contribution >= 0.6 is 11.8 Å². The average molecular weight is 399 g/mol. The van der Waals surface area contributed by atoms with Crippen LogP contribution in [0.4, 0.5) is 10.1 Å². The molecule has 0 spiro atoms. The van der Waals surface area contributed by atoms with Gasteiger partial charge in [-0.2, -0.15) is 0 Å². The fourth-order valence-electron chi connectivity index (χ4n) is 3.00. The van der Waals surface area contributed by atoms with Crippen molar-refractivity contribution in [2.45, 2.75) is 5.22 Å². The molecule has 3 heterocycles. The molecule has 1 aromatic carbocycles. The summed E-state index contributed by atoms with van der Waals surface area (Å²) in [5.74, 6) is 0.384. The molecule has 144 valence electrons. The highest BCUT2D eigenvalue weighted by Crippen LogP contribution is 2.24. The first kappa shape index (κ1) is 18.4. The van der Waals surface area contributed by atoms with Crippen LogP contribution in [-0.2, 0) is 4.79 Å². The highest BCUT2D eigenvalue weighted by Gasteiger charge is 2.23. The maximum atomic E-state index is 13.9. The fourth-order valence-corrected chi connectivity index (χ4v) is 3.66. The van der Waals surface area contributed by atoms with Gasteiger partial charge in [0.25, 0.3) is 5.22 Å². The third kappa shape index (κ3) is 4.14. The second-order valence-electron chi connectivity index (χ2n) is 6.22. The van der Waals surface area contributed by atoms with Crippen LogP contribution in [0.25, 0.3) is 11.5 Å². The number of amides is 1. The van der Waals surface area contributed by atoms with Gasteiger partial charge in [-0.25, -0.2) is 4.39 Å². The number of hydrogen-bond donors (Lipinski definition) is 0. The van der Waals surface area contributed by atoms with Crippen LogP contribution in [0.15, 0.2) is 58.4 Å². The van der Waals surface area contributed by atoms with Crippen molar-refractivity contribution in [3.8, 4) is 11.5 Å². The summed E-state index contributed by atoms with van der Waals surface area (Å²) in [5, 5.41) is 8.32. The van der Waals surface area contributed by atoms with E-state index >= 15 is 0 Å². The summed E-state index contributed by atoms with van der Waals surface area (Å²) in [4.78, 5) is 20.2. The number of halogens is 1. The first-order chi connectivity index (χ1) is 13.7. The van der Waals surface area contributed by atoms with Crippen molar-refractivity contribution in [2.24, 2.45) is 0 Å². The van der Waals surface area contributed by atoms with E-state index in [-0.39, 0.29) is 17.5 Å². The number of pyridine rings is 1. The van der Waals surface area contributed by atoms with Crippen molar-refractivity contribution >= 4 is 23.4 Å². The van der Waals surface area contributed by atoms with Crippen molar-refractivity contribution in [1.82, 2.24) is 20.1 Å². The summed E-state index contributed by atoms with van der Waals surface area (Å²) in [6, 6.07) is 10.3. The molecule has 0 saturated carbocycles. The number of para-hydroxylation sites is 1. The molecule has 1 fully saturated rings. The van der Waals surface area contributed by atoms with Crippen LogP contribution in [0, 0.1) is 5.82 Å². The molecule has 0 atom stereocenters. The van der Waals surface area contributed by atoms with Gasteiger partial charge in [0.1, 0.15) is 5.82 Å². The minimum Gasteiger partial charge on any atom is -0.411 e. The number of hydrogen-bond acceptors (Lipinski definition) is 7. The largest absolute Gasteiger partial charge is 0.411 e. The molecule has 9 heteroatoms. The van der Waals surface area contributed by atoms with E-state index in [4.69, 9.17) is 4.42 Å². The first-order valence-corrected chi connectivity index (χ1v) is 9.83. The van der Waals surface area contributed by atoms with E-state index in [1.165, 1.54) is 17.8 Å². The van der Waals surface area contributed by atoms with Crippen LogP contribution in [0.5, 0.6) is 0 Å². The third-order valence-electron chi connectivity index (χ3n) is 4.48. The Bertz CT molecular complexity index is 944. The van der Waals surface area contributed by atoms with Crippen molar-refractivity contribution < 1.29 is 13.6 Å². The highest BCUT2D eigenvalue weighted by atomic mass is 32.2. The van der Waals surface area contributed by atoms with Crippen LogP contribution < -0.4 is 4.90 Å². The molecule has 1 aliphatic heterocycles. The molecule has 0 N–H and O–H groups in total. The second kappa shape index (κ2) is 8.39. The fraction of sp³-hybridized carbons (Fsp3) is 0.263. The number of carbonyl (C=O) groups excluding carboxylic acids is 1. The van der Waals surface area contributed by atoms with Crippen molar-refractivity contribution in [1.29, 1.82) is 0 Å². The quantitative estimate of drug-likeness (QED) is 0.611. The van der Waals surface area contributed by atoms with Gasteiger partial charge in [0, 0.05) is 44.1 Å². The number of aromatic nitrogens is 3. The van der Waals surface area contributed by atoms with Gasteiger partial charge in [-0.3, -0.25) is 9.78 Å². The number of nitrogens with zero attached hydrogens (tertiary/aromatic N) is 5.